The molecule has 0 aliphatic carbocycles. The first kappa shape index (κ1) is 14.7. The summed E-state index contributed by atoms with van der Waals surface area (Å²) in [6.45, 7) is 1.91. The van der Waals surface area contributed by atoms with Crippen LogP contribution in [-0.4, -0.2) is 5.78 Å². The maximum absolute atomic E-state index is 13.1. The van der Waals surface area contributed by atoms with E-state index in [1.807, 2.05) is 53.8 Å². The molecule has 1 unspecified atom stereocenters. The first-order chi connectivity index (χ1) is 9.52. The zero-order chi connectivity index (χ0) is 14.7. The molecule has 0 amide bonds. The van der Waals surface area contributed by atoms with Crippen LogP contribution in [0.1, 0.15) is 27.4 Å². The Morgan fingerprint density at radius 3 is 2.65 bits per heavy atom. The summed E-state index contributed by atoms with van der Waals surface area (Å²) < 4.78 is 13.6. The van der Waals surface area contributed by atoms with Crippen molar-refractivity contribution in [3.63, 3.8) is 0 Å². The fraction of sp³-hybridized carbons (Fsp3) is 0.125. The summed E-state index contributed by atoms with van der Waals surface area (Å²) in [6, 6.07) is 13.3. The van der Waals surface area contributed by atoms with Crippen LogP contribution in [0.4, 0.5) is 4.39 Å². The van der Waals surface area contributed by atoms with Crippen LogP contribution in [0.2, 0.25) is 0 Å². The first-order valence-electron chi connectivity index (χ1n) is 5.98. The molecule has 100 valence electrons. The van der Waals surface area contributed by atoms with E-state index in [0.717, 1.165) is 5.56 Å². The Hall–Kier alpha value is -1.74. The number of hydrogen-bond donors (Lipinski definition) is 0. The van der Waals surface area contributed by atoms with Crippen molar-refractivity contribution in [2.24, 2.45) is 0 Å². The van der Waals surface area contributed by atoms with Crippen LogP contribution in [0.5, 0.6) is 0 Å². The number of rotatable bonds is 3. The van der Waals surface area contributed by atoms with Crippen molar-refractivity contribution in [1.29, 1.82) is 5.26 Å². The molecule has 0 saturated carbocycles. The standard InChI is InChI=1S/C16H11FINO/c1-10-3-2-4-11(7-10)14(9-19)16(20)13-6-5-12(17)8-15(13)18/h2-8,14H,1H3. The quantitative estimate of drug-likeness (QED) is 0.592. The molecule has 0 aliphatic rings. The van der Waals surface area contributed by atoms with Gasteiger partial charge in [-0.15, -0.1) is 0 Å². The second kappa shape index (κ2) is 6.14. The lowest BCUT2D eigenvalue weighted by atomic mass is 9.91. The van der Waals surface area contributed by atoms with E-state index in [4.69, 9.17) is 0 Å². The normalized spacial score (nSPS) is 11.7. The molecule has 2 aromatic carbocycles. The monoisotopic (exact) mass is 379 g/mol. The lowest BCUT2D eigenvalue weighted by Crippen LogP contribution is -2.13. The van der Waals surface area contributed by atoms with Gasteiger partial charge in [0.25, 0.3) is 0 Å². The first-order valence-corrected chi connectivity index (χ1v) is 7.06. The fourth-order valence-corrected chi connectivity index (χ4v) is 2.72. The number of nitrogens with zero attached hydrogens (tertiary/aromatic N) is 1. The highest BCUT2D eigenvalue weighted by atomic mass is 127. The Morgan fingerprint density at radius 2 is 2.05 bits per heavy atom. The maximum Gasteiger partial charge on any atom is 0.185 e. The van der Waals surface area contributed by atoms with Crippen molar-refractivity contribution in [3.05, 3.63) is 68.5 Å². The summed E-state index contributed by atoms with van der Waals surface area (Å²) in [5.41, 5.74) is 2.03. The second-order valence-corrected chi connectivity index (χ2v) is 5.63. The molecule has 0 radical (unpaired) electrons. The van der Waals surface area contributed by atoms with E-state index >= 15 is 0 Å². The summed E-state index contributed by atoms with van der Waals surface area (Å²) in [4.78, 5) is 12.5. The van der Waals surface area contributed by atoms with Crippen LogP contribution in [0, 0.1) is 27.6 Å². The minimum atomic E-state index is -0.867. The average Bonchev–Trinajstić information content (AvgIpc) is 2.39. The second-order valence-electron chi connectivity index (χ2n) is 4.46. The number of carbonyl (C=O) groups is 1. The van der Waals surface area contributed by atoms with Gasteiger partial charge in [0.1, 0.15) is 11.7 Å². The molecule has 0 aliphatic heterocycles. The predicted octanol–water partition coefficient (Wildman–Crippen LogP) is 4.23. The van der Waals surface area contributed by atoms with Crippen molar-refractivity contribution in [2.75, 3.05) is 0 Å². The smallest absolute Gasteiger partial charge is 0.185 e. The zero-order valence-electron chi connectivity index (χ0n) is 10.7. The van der Waals surface area contributed by atoms with E-state index < -0.39 is 11.7 Å². The van der Waals surface area contributed by atoms with Crippen LogP contribution in [0.15, 0.2) is 42.5 Å². The Bertz CT molecular complexity index is 706. The van der Waals surface area contributed by atoms with Crippen molar-refractivity contribution >= 4 is 28.4 Å². The lowest BCUT2D eigenvalue weighted by molar-refractivity contribution is 0.0978. The molecule has 0 N–H and O–H groups in total. The van der Waals surface area contributed by atoms with Gasteiger partial charge in [0.15, 0.2) is 5.78 Å². The third kappa shape index (κ3) is 3.05. The topological polar surface area (TPSA) is 40.9 Å². The summed E-state index contributed by atoms with van der Waals surface area (Å²) in [5, 5.41) is 9.30. The molecule has 0 bridgehead atoms. The van der Waals surface area contributed by atoms with Crippen LogP contribution >= 0.6 is 22.6 Å². The van der Waals surface area contributed by atoms with Crippen LogP contribution in [0.3, 0.4) is 0 Å². The summed E-state index contributed by atoms with van der Waals surface area (Å²) in [7, 11) is 0. The molecular weight excluding hydrogens is 368 g/mol. The van der Waals surface area contributed by atoms with Crippen LogP contribution < -0.4 is 0 Å². The molecule has 0 fully saturated rings. The van der Waals surface area contributed by atoms with E-state index in [9.17, 15) is 14.4 Å². The van der Waals surface area contributed by atoms with E-state index in [1.165, 1.54) is 18.2 Å². The van der Waals surface area contributed by atoms with Crippen molar-refractivity contribution < 1.29 is 9.18 Å². The number of nitriles is 1. The van der Waals surface area contributed by atoms with Crippen molar-refractivity contribution in [1.82, 2.24) is 0 Å². The molecule has 2 nitrogen and oxygen atoms in total. The maximum atomic E-state index is 13.1. The van der Waals surface area contributed by atoms with Gasteiger partial charge < -0.3 is 0 Å². The molecular formula is C16H11FINO. The molecule has 1 atom stereocenters. The number of halogens is 2. The number of benzene rings is 2. The Kier molecular flexibility index (Phi) is 4.50. The van der Waals surface area contributed by atoms with Gasteiger partial charge in [0.2, 0.25) is 0 Å². The molecule has 0 saturated heterocycles. The highest BCUT2D eigenvalue weighted by Crippen LogP contribution is 2.24. The van der Waals surface area contributed by atoms with Gasteiger partial charge in [-0.05, 0) is 53.3 Å². The number of hydrogen-bond acceptors (Lipinski definition) is 2. The lowest BCUT2D eigenvalue weighted by Gasteiger charge is -2.10. The predicted molar refractivity (Wildman–Crippen MR) is 83.0 cm³/mol. The number of aryl methyl sites for hydroxylation is 1. The third-order valence-corrected chi connectivity index (χ3v) is 3.86. The Morgan fingerprint density at radius 1 is 1.30 bits per heavy atom. The molecule has 20 heavy (non-hydrogen) atoms. The van der Waals surface area contributed by atoms with Gasteiger partial charge >= 0.3 is 0 Å². The number of Topliss-reactive ketones (excluding diaryl/α,β-unsaturated/α-hetero) is 1. The average molecular weight is 379 g/mol. The van der Waals surface area contributed by atoms with Gasteiger partial charge in [0.05, 0.1) is 6.07 Å². The van der Waals surface area contributed by atoms with E-state index in [-0.39, 0.29) is 5.78 Å². The van der Waals surface area contributed by atoms with Crippen LogP contribution in [0.25, 0.3) is 0 Å². The minimum absolute atomic E-state index is 0.303. The Balaban J connectivity index is 2.42. The van der Waals surface area contributed by atoms with Gasteiger partial charge in [-0.1, -0.05) is 29.8 Å². The van der Waals surface area contributed by atoms with Gasteiger partial charge in [-0.3, -0.25) is 4.79 Å². The molecule has 0 aromatic heterocycles. The Labute approximate surface area is 130 Å². The molecule has 4 heteroatoms. The summed E-state index contributed by atoms with van der Waals surface area (Å²) in [6.07, 6.45) is 0. The fourth-order valence-electron chi connectivity index (χ4n) is 1.98. The summed E-state index contributed by atoms with van der Waals surface area (Å²) >= 11 is 1.91. The van der Waals surface area contributed by atoms with Crippen molar-refractivity contribution in [3.8, 4) is 6.07 Å². The van der Waals surface area contributed by atoms with E-state index in [0.29, 0.717) is 14.7 Å². The zero-order valence-corrected chi connectivity index (χ0v) is 12.9. The van der Waals surface area contributed by atoms with Crippen molar-refractivity contribution in [2.45, 2.75) is 12.8 Å². The van der Waals surface area contributed by atoms with E-state index in [1.54, 1.807) is 6.07 Å². The van der Waals surface area contributed by atoms with Gasteiger partial charge in [-0.25, -0.2) is 4.39 Å². The number of carbonyl (C=O) groups excluding carboxylic acids is 1. The SMILES string of the molecule is Cc1cccc(C(C#N)C(=O)c2ccc(F)cc2I)c1. The largest absolute Gasteiger partial charge is 0.292 e. The van der Waals surface area contributed by atoms with E-state index in [2.05, 4.69) is 0 Å². The third-order valence-electron chi connectivity index (χ3n) is 2.96. The highest BCUT2D eigenvalue weighted by molar-refractivity contribution is 14.1. The highest BCUT2D eigenvalue weighted by Gasteiger charge is 2.23. The summed E-state index contributed by atoms with van der Waals surface area (Å²) in [5.74, 6) is -1.56. The number of ketones is 1. The molecule has 0 heterocycles. The minimum Gasteiger partial charge on any atom is -0.292 e. The van der Waals surface area contributed by atoms with Gasteiger partial charge in [0, 0.05) is 9.13 Å². The molecule has 2 aromatic rings. The molecule has 2 rings (SSSR count). The van der Waals surface area contributed by atoms with Crippen LogP contribution in [-0.2, 0) is 0 Å². The van der Waals surface area contributed by atoms with Gasteiger partial charge in [-0.2, -0.15) is 5.26 Å². The molecule has 0 spiro atoms.